The van der Waals surface area contributed by atoms with Crippen molar-refractivity contribution in [3.8, 4) is 5.75 Å². The molecule has 1 aromatic carbocycles. The number of likely N-dealkylation sites (tertiary alicyclic amines) is 1. The first-order valence-electron chi connectivity index (χ1n) is 11.5. The molecule has 168 valence electrons. The summed E-state index contributed by atoms with van der Waals surface area (Å²) in [6.45, 7) is 5.93. The number of aryl methyl sites for hydroxylation is 1. The summed E-state index contributed by atoms with van der Waals surface area (Å²) in [7, 11) is 1.68. The van der Waals surface area contributed by atoms with Gasteiger partial charge in [0.2, 0.25) is 0 Å². The SMILES string of the molecule is Cc1ccc(O)cc1C12CCN(CC3CC3)C(C)C1(O)CCC1(C2)C(=O)NC(=O)N1C. The van der Waals surface area contributed by atoms with Crippen LogP contribution in [0.3, 0.4) is 0 Å². The smallest absolute Gasteiger partial charge is 0.324 e. The lowest BCUT2D eigenvalue weighted by Gasteiger charge is -2.63. The van der Waals surface area contributed by atoms with E-state index in [0.717, 1.165) is 30.1 Å². The van der Waals surface area contributed by atoms with Crippen LogP contribution in [0.25, 0.3) is 0 Å². The van der Waals surface area contributed by atoms with Gasteiger partial charge >= 0.3 is 6.03 Å². The van der Waals surface area contributed by atoms with Crippen molar-refractivity contribution in [1.29, 1.82) is 0 Å². The number of amides is 3. The lowest BCUT2D eigenvalue weighted by atomic mass is 9.49. The first kappa shape index (κ1) is 20.8. The molecular weight excluding hydrogens is 394 g/mol. The van der Waals surface area contributed by atoms with Crippen molar-refractivity contribution in [2.24, 2.45) is 5.92 Å². The van der Waals surface area contributed by atoms with Crippen LogP contribution >= 0.6 is 0 Å². The van der Waals surface area contributed by atoms with Crippen LogP contribution in [0.15, 0.2) is 18.2 Å². The van der Waals surface area contributed by atoms with Crippen molar-refractivity contribution in [2.45, 2.75) is 75.0 Å². The summed E-state index contributed by atoms with van der Waals surface area (Å²) in [4.78, 5) is 29.4. The van der Waals surface area contributed by atoms with Crippen molar-refractivity contribution in [3.05, 3.63) is 29.3 Å². The molecule has 4 aliphatic rings. The van der Waals surface area contributed by atoms with Gasteiger partial charge in [0.1, 0.15) is 11.3 Å². The summed E-state index contributed by atoms with van der Waals surface area (Å²) in [6.07, 6.45) is 4.41. The molecule has 7 heteroatoms. The number of fused-ring (bicyclic) bond motifs is 1. The van der Waals surface area contributed by atoms with E-state index in [0.29, 0.717) is 25.7 Å². The molecule has 2 aliphatic carbocycles. The molecule has 4 fully saturated rings. The number of likely N-dealkylation sites (N-methyl/N-ethyl adjacent to an activating group) is 1. The van der Waals surface area contributed by atoms with Gasteiger partial charge in [-0.15, -0.1) is 0 Å². The van der Waals surface area contributed by atoms with Gasteiger partial charge in [-0.1, -0.05) is 6.07 Å². The van der Waals surface area contributed by atoms with Gasteiger partial charge in [0.25, 0.3) is 5.91 Å². The van der Waals surface area contributed by atoms with Gasteiger partial charge in [0.15, 0.2) is 0 Å². The number of piperidine rings is 1. The Hall–Kier alpha value is -2.12. The molecule has 0 radical (unpaired) electrons. The van der Waals surface area contributed by atoms with Gasteiger partial charge in [-0.05, 0) is 88.1 Å². The number of carbonyl (C=O) groups is 2. The fraction of sp³-hybridized carbons (Fsp3) is 0.667. The van der Waals surface area contributed by atoms with Crippen LogP contribution in [0, 0.1) is 12.8 Å². The summed E-state index contributed by atoms with van der Waals surface area (Å²) in [5, 5.41) is 25.2. The molecule has 0 aromatic heterocycles. The van der Waals surface area contributed by atoms with E-state index in [4.69, 9.17) is 0 Å². The highest BCUT2D eigenvalue weighted by Gasteiger charge is 2.68. The van der Waals surface area contributed by atoms with E-state index in [1.807, 2.05) is 13.0 Å². The summed E-state index contributed by atoms with van der Waals surface area (Å²) in [5.41, 5.74) is -0.879. The number of carbonyl (C=O) groups excluding carboxylic acids is 2. The van der Waals surface area contributed by atoms with Crippen LogP contribution in [-0.4, -0.2) is 69.3 Å². The average molecular weight is 428 g/mol. The Morgan fingerprint density at radius 3 is 2.58 bits per heavy atom. The van der Waals surface area contributed by atoms with Crippen molar-refractivity contribution >= 4 is 11.9 Å². The quantitative estimate of drug-likeness (QED) is 0.644. The summed E-state index contributed by atoms with van der Waals surface area (Å²) < 4.78 is 0. The Bertz CT molecular complexity index is 947. The van der Waals surface area contributed by atoms with Crippen LogP contribution in [0.5, 0.6) is 5.75 Å². The van der Waals surface area contributed by atoms with E-state index in [2.05, 4.69) is 17.1 Å². The van der Waals surface area contributed by atoms with Crippen molar-refractivity contribution in [1.82, 2.24) is 15.1 Å². The highest BCUT2D eigenvalue weighted by atomic mass is 16.3. The zero-order chi connectivity index (χ0) is 22.2. The van der Waals surface area contributed by atoms with E-state index in [-0.39, 0.29) is 23.7 Å². The predicted molar refractivity (Wildman–Crippen MR) is 116 cm³/mol. The molecule has 4 atom stereocenters. The number of aromatic hydroxyl groups is 1. The summed E-state index contributed by atoms with van der Waals surface area (Å²) in [6, 6.07) is 4.85. The lowest BCUT2D eigenvalue weighted by Crippen LogP contribution is -2.73. The maximum absolute atomic E-state index is 13.1. The van der Waals surface area contributed by atoms with Crippen LogP contribution in [0.2, 0.25) is 0 Å². The number of phenolic OH excluding ortho intramolecular Hbond substituents is 1. The highest BCUT2D eigenvalue weighted by Crippen LogP contribution is 2.59. The molecule has 4 unspecified atom stereocenters. The van der Waals surface area contributed by atoms with Gasteiger partial charge in [0, 0.05) is 25.0 Å². The maximum Gasteiger partial charge on any atom is 0.324 e. The Morgan fingerprint density at radius 2 is 1.94 bits per heavy atom. The number of benzene rings is 1. The van der Waals surface area contributed by atoms with Crippen LogP contribution in [0.1, 0.15) is 56.6 Å². The fourth-order valence-corrected chi connectivity index (χ4v) is 6.72. The van der Waals surface area contributed by atoms with Crippen LogP contribution in [-0.2, 0) is 10.2 Å². The number of phenols is 1. The topological polar surface area (TPSA) is 93.1 Å². The minimum absolute atomic E-state index is 0.0774. The number of imide groups is 1. The first-order chi connectivity index (χ1) is 14.6. The lowest BCUT2D eigenvalue weighted by molar-refractivity contribution is -0.177. The van der Waals surface area contributed by atoms with Gasteiger partial charge in [-0.3, -0.25) is 15.0 Å². The minimum Gasteiger partial charge on any atom is -0.508 e. The third-order valence-electron chi connectivity index (χ3n) is 8.92. The monoisotopic (exact) mass is 427 g/mol. The molecule has 3 amide bonds. The fourth-order valence-electron chi connectivity index (χ4n) is 6.72. The zero-order valence-electron chi connectivity index (χ0n) is 18.6. The number of nitrogens with one attached hydrogen (secondary N) is 1. The molecule has 31 heavy (non-hydrogen) atoms. The van der Waals surface area contributed by atoms with Gasteiger partial charge < -0.3 is 15.1 Å². The number of urea groups is 1. The third-order valence-corrected chi connectivity index (χ3v) is 8.92. The predicted octanol–water partition coefficient (Wildman–Crippen LogP) is 2.28. The maximum atomic E-state index is 13.1. The highest BCUT2D eigenvalue weighted by molar-refractivity contribution is 6.07. The molecule has 1 aromatic rings. The van der Waals surface area contributed by atoms with Gasteiger partial charge in [0.05, 0.1) is 5.60 Å². The molecule has 2 aliphatic heterocycles. The first-order valence-corrected chi connectivity index (χ1v) is 11.5. The van der Waals surface area contributed by atoms with Gasteiger partial charge in [-0.25, -0.2) is 4.79 Å². The molecule has 2 saturated carbocycles. The van der Waals surface area contributed by atoms with Gasteiger partial charge in [-0.2, -0.15) is 0 Å². The van der Waals surface area contributed by atoms with E-state index in [1.54, 1.807) is 19.2 Å². The Kier molecular flexibility index (Phi) is 4.48. The largest absolute Gasteiger partial charge is 0.508 e. The second-order valence-electron chi connectivity index (χ2n) is 10.4. The van der Waals surface area contributed by atoms with E-state index >= 15 is 0 Å². The second-order valence-corrected chi connectivity index (χ2v) is 10.4. The normalized spacial score (nSPS) is 38.5. The van der Waals surface area contributed by atoms with Crippen LogP contribution < -0.4 is 5.32 Å². The third kappa shape index (κ3) is 2.79. The number of hydrogen-bond donors (Lipinski definition) is 3. The molecule has 7 nitrogen and oxygen atoms in total. The zero-order valence-corrected chi connectivity index (χ0v) is 18.6. The number of nitrogens with zero attached hydrogens (tertiary/aromatic N) is 2. The average Bonchev–Trinajstić information content (AvgIpc) is 3.53. The Balaban J connectivity index is 1.64. The minimum atomic E-state index is -1.06. The Morgan fingerprint density at radius 1 is 1.19 bits per heavy atom. The molecule has 1 spiro atoms. The summed E-state index contributed by atoms with van der Waals surface area (Å²) in [5.74, 6) is 0.609. The number of hydrogen-bond acceptors (Lipinski definition) is 5. The molecule has 2 heterocycles. The summed E-state index contributed by atoms with van der Waals surface area (Å²) >= 11 is 0. The molecule has 5 rings (SSSR count). The van der Waals surface area contributed by atoms with Crippen molar-refractivity contribution in [2.75, 3.05) is 20.1 Å². The molecule has 2 saturated heterocycles. The van der Waals surface area contributed by atoms with Crippen molar-refractivity contribution < 1.29 is 19.8 Å². The molecule has 0 bridgehead atoms. The molecule has 3 N–H and O–H groups in total. The second kappa shape index (κ2) is 6.69. The molecular formula is C24H33N3O4. The number of aliphatic hydroxyl groups is 1. The van der Waals surface area contributed by atoms with Crippen LogP contribution in [0.4, 0.5) is 4.79 Å². The number of rotatable bonds is 3. The van der Waals surface area contributed by atoms with E-state index < -0.39 is 16.6 Å². The van der Waals surface area contributed by atoms with E-state index in [1.165, 1.54) is 17.7 Å². The van der Waals surface area contributed by atoms with Crippen molar-refractivity contribution in [3.63, 3.8) is 0 Å². The van der Waals surface area contributed by atoms with E-state index in [9.17, 15) is 19.8 Å². The Labute approximate surface area is 183 Å². The standard InChI is InChI=1S/C24H33N3O4/c1-15-4-7-18(28)12-19(15)22-10-11-27(13-17-5-6-17)16(2)24(22,31)9-8-23(14-22)20(29)25-21(30)26(23)3/h4,7,12,16-17,28,31H,5-6,8-11,13-14H2,1-3H3,(H,25,29,30).